The summed E-state index contributed by atoms with van der Waals surface area (Å²) in [6, 6.07) is 3.30. The van der Waals surface area contributed by atoms with Crippen LogP contribution in [0, 0.1) is 5.41 Å². The number of hydrogen-bond acceptors (Lipinski definition) is 7. The third-order valence-electron chi connectivity index (χ3n) is 4.07. The van der Waals surface area contributed by atoms with E-state index >= 15 is 0 Å². The summed E-state index contributed by atoms with van der Waals surface area (Å²) < 4.78 is 10.4. The molecule has 31 heavy (non-hydrogen) atoms. The molecule has 0 unspecified atom stereocenters. The molecule has 1 aromatic rings. The fourth-order valence-corrected chi connectivity index (χ4v) is 2.24. The van der Waals surface area contributed by atoms with E-state index in [-0.39, 0.29) is 23.9 Å². The lowest BCUT2D eigenvalue weighted by Gasteiger charge is -2.14. The first-order chi connectivity index (χ1) is 14.8. The van der Waals surface area contributed by atoms with Gasteiger partial charge in [-0.3, -0.25) is 24.9 Å². The maximum atomic E-state index is 12.4. The minimum absolute atomic E-state index is 0.133. The van der Waals surface area contributed by atoms with E-state index in [9.17, 15) is 9.59 Å². The van der Waals surface area contributed by atoms with Crippen molar-refractivity contribution in [3.63, 3.8) is 0 Å². The summed E-state index contributed by atoms with van der Waals surface area (Å²) in [5.74, 6) is -0.609. The molecule has 0 aromatic carbocycles. The van der Waals surface area contributed by atoms with Gasteiger partial charge in [0.15, 0.2) is 5.96 Å². The maximum Gasteiger partial charge on any atom is 0.255 e. The smallest absolute Gasteiger partial charge is 0.255 e. The van der Waals surface area contributed by atoms with Gasteiger partial charge in [0, 0.05) is 63.0 Å². The van der Waals surface area contributed by atoms with Gasteiger partial charge >= 0.3 is 0 Å². The molecular weight excluding hydrogens is 400 g/mol. The summed E-state index contributed by atoms with van der Waals surface area (Å²) in [6.07, 6.45) is 7.08. The van der Waals surface area contributed by atoms with Gasteiger partial charge in [0.25, 0.3) is 5.91 Å². The average Bonchev–Trinajstić information content (AvgIpc) is 2.76. The van der Waals surface area contributed by atoms with Crippen LogP contribution in [0.1, 0.15) is 18.5 Å². The molecule has 6 N–H and O–H groups in total. The number of carbonyl (C=O) groups excluding carboxylic acids is 2. The van der Waals surface area contributed by atoms with Crippen molar-refractivity contribution in [2.75, 3.05) is 32.7 Å². The highest BCUT2D eigenvalue weighted by Gasteiger charge is 2.12. The highest BCUT2D eigenvalue weighted by atomic mass is 16.5. The molecule has 2 amide bonds. The Hall–Kier alpha value is -3.66. The van der Waals surface area contributed by atoms with Gasteiger partial charge in [-0.2, -0.15) is 0 Å². The summed E-state index contributed by atoms with van der Waals surface area (Å²) in [7, 11) is 3.05. The number of nitrogens with one attached hydrogen (secondary N) is 2. The first-order valence-corrected chi connectivity index (χ1v) is 9.56. The zero-order valence-corrected chi connectivity index (χ0v) is 17.9. The summed E-state index contributed by atoms with van der Waals surface area (Å²) in [4.78, 5) is 29.5. The Morgan fingerprint density at radius 1 is 1.35 bits per heavy atom. The van der Waals surface area contributed by atoms with Crippen molar-refractivity contribution in [2.45, 2.75) is 19.3 Å². The van der Waals surface area contributed by atoms with Crippen molar-refractivity contribution < 1.29 is 19.1 Å². The monoisotopic (exact) mass is 430 g/mol. The molecule has 0 bridgehead atoms. The third kappa shape index (κ3) is 9.59. The first kappa shape index (κ1) is 25.4. The lowest BCUT2D eigenvalue weighted by molar-refractivity contribution is -0.126. The molecule has 10 nitrogen and oxygen atoms in total. The largest absolute Gasteiger partial charge is 0.492 e. The second-order valence-electron chi connectivity index (χ2n) is 6.45. The number of carbonyl (C=O) groups is 2. The molecule has 0 saturated carbocycles. The van der Waals surface area contributed by atoms with Gasteiger partial charge in [-0.1, -0.05) is 6.58 Å². The number of methoxy groups -OCH3 is 1. The molecule has 0 aliphatic carbocycles. The molecule has 0 radical (unpaired) electrons. The van der Waals surface area contributed by atoms with Crippen molar-refractivity contribution >= 4 is 23.5 Å². The number of nitrogens with two attached hydrogens (primary N) is 2. The zero-order chi connectivity index (χ0) is 23.2. The van der Waals surface area contributed by atoms with Crippen molar-refractivity contribution in [1.82, 2.24) is 9.88 Å². The molecule has 168 valence electrons. The van der Waals surface area contributed by atoms with Gasteiger partial charge in [-0.15, -0.1) is 0 Å². The second kappa shape index (κ2) is 13.5. The third-order valence-corrected chi connectivity index (χ3v) is 4.07. The van der Waals surface area contributed by atoms with Crippen molar-refractivity contribution in [3.8, 4) is 0 Å². The summed E-state index contributed by atoms with van der Waals surface area (Å²) >= 11 is 0. The van der Waals surface area contributed by atoms with E-state index in [1.165, 1.54) is 25.5 Å². The number of anilines is 1. The van der Waals surface area contributed by atoms with Crippen LogP contribution in [0.4, 0.5) is 5.69 Å². The Labute approximate surface area is 182 Å². The lowest BCUT2D eigenvalue weighted by atomic mass is 10.2. The SMILES string of the molecule is C=C(/C=C\C(=C/N)OCCCOC)C(=O)Nc1ccnc(CCC(=O)N(C)C(=N)N)c1. The van der Waals surface area contributed by atoms with Gasteiger partial charge in [-0.05, 0) is 30.7 Å². The van der Waals surface area contributed by atoms with Gasteiger partial charge in [0.1, 0.15) is 5.76 Å². The highest BCUT2D eigenvalue weighted by Crippen LogP contribution is 2.12. The predicted octanol–water partition coefficient (Wildman–Crippen LogP) is 1.27. The minimum atomic E-state index is -0.406. The minimum Gasteiger partial charge on any atom is -0.492 e. The molecule has 0 saturated heterocycles. The molecule has 0 aliphatic heterocycles. The summed E-state index contributed by atoms with van der Waals surface area (Å²) in [6.45, 7) is 4.75. The Kier molecular flexibility index (Phi) is 11.1. The van der Waals surface area contributed by atoms with Gasteiger partial charge < -0.3 is 26.3 Å². The van der Waals surface area contributed by atoms with E-state index in [4.69, 9.17) is 26.4 Å². The van der Waals surface area contributed by atoms with E-state index in [1.807, 2.05) is 0 Å². The van der Waals surface area contributed by atoms with Crippen LogP contribution in [0.2, 0.25) is 0 Å². The van der Waals surface area contributed by atoms with Gasteiger partial charge in [0.05, 0.1) is 6.61 Å². The number of amides is 2. The molecule has 0 aliphatic rings. The van der Waals surface area contributed by atoms with Crippen molar-refractivity contribution in [1.29, 1.82) is 5.41 Å². The fraction of sp³-hybridized carbons (Fsp3) is 0.333. The van der Waals surface area contributed by atoms with Crippen LogP contribution in [0.25, 0.3) is 0 Å². The zero-order valence-electron chi connectivity index (χ0n) is 17.9. The van der Waals surface area contributed by atoms with Crippen LogP contribution in [-0.2, 0) is 25.5 Å². The quantitative estimate of drug-likeness (QED) is 0.0971. The van der Waals surface area contributed by atoms with Crippen LogP contribution < -0.4 is 16.8 Å². The number of nitrogens with zero attached hydrogens (tertiary/aromatic N) is 2. The highest BCUT2D eigenvalue weighted by molar-refractivity contribution is 6.05. The van der Waals surface area contributed by atoms with Crippen LogP contribution in [-0.4, -0.2) is 55.0 Å². The predicted molar refractivity (Wildman–Crippen MR) is 119 cm³/mol. The van der Waals surface area contributed by atoms with Gasteiger partial charge in [-0.25, -0.2) is 0 Å². The Morgan fingerprint density at radius 2 is 2.10 bits per heavy atom. The summed E-state index contributed by atoms with van der Waals surface area (Å²) in [5.41, 5.74) is 12.1. The molecule has 0 fully saturated rings. The van der Waals surface area contributed by atoms with E-state index in [1.54, 1.807) is 25.3 Å². The molecule has 1 rings (SSSR count). The number of ether oxygens (including phenoxy) is 2. The molecule has 10 heteroatoms. The molecule has 0 atom stereocenters. The average molecular weight is 431 g/mol. The fourth-order valence-electron chi connectivity index (χ4n) is 2.24. The Bertz CT molecular complexity index is 850. The van der Waals surface area contributed by atoms with Crippen LogP contribution in [0.15, 0.2) is 54.6 Å². The van der Waals surface area contributed by atoms with E-state index in [0.717, 1.165) is 4.90 Å². The number of hydrogen-bond donors (Lipinski definition) is 4. The van der Waals surface area contributed by atoms with Gasteiger partial charge in [0.2, 0.25) is 5.91 Å². The number of aryl methyl sites for hydroxylation is 1. The number of allylic oxidation sites excluding steroid dienone is 1. The first-order valence-electron chi connectivity index (χ1n) is 9.56. The number of pyridine rings is 1. The van der Waals surface area contributed by atoms with Crippen LogP contribution in [0.3, 0.4) is 0 Å². The van der Waals surface area contributed by atoms with Crippen LogP contribution >= 0.6 is 0 Å². The molecule has 0 spiro atoms. The molecule has 1 heterocycles. The normalized spacial score (nSPS) is 11.2. The van der Waals surface area contributed by atoms with E-state index in [2.05, 4.69) is 16.9 Å². The van der Waals surface area contributed by atoms with E-state index in [0.29, 0.717) is 43.2 Å². The second-order valence-corrected chi connectivity index (χ2v) is 6.45. The Balaban J connectivity index is 2.61. The number of guanidine groups is 1. The maximum absolute atomic E-state index is 12.4. The summed E-state index contributed by atoms with van der Waals surface area (Å²) in [5, 5.41) is 10.00. The van der Waals surface area contributed by atoms with E-state index < -0.39 is 5.91 Å². The van der Waals surface area contributed by atoms with Crippen molar-refractivity contribution in [3.05, 3.63) is 60.3 Å². The standard InChI is InChI=1S/C21H30N6O4/c1-15(5-7-18(14-22)31-12-4-11-30-3)20(29)26-17-9-10-25-16(13-17)6-8-19(28)27(2)21(23)24/h5,7,9-10,13-14H,1,4,6,8,11-12,22H2,2-3H3,(H3,23,24)(H,25,26,29)/b7-5-,18-14+. The number of rotatable bonds is 12. The molecular formula is C21H30N6O4. The van der Waals surface area contributed by atoms with Crippen LogP contribution in [0.5, 0.6) is 0 Å². The Morgan fingerprint density at radius 3 is 2.74 bits per heavy atom. The molecule has 1 aromatic heterocycles. The number of aromatic nitrogens is 1. The lowest BCUT2D eigenvalue weighted by Crippen LogP contribution is -2.38. The topological polar surface area (TPSA) is 157 Å². The van der Waals surface area contributed by atoms with Crippen molar-refractivity contribution in [2.24, 2.45) is 11.5 Å².